The molecule has 1 fully saturated rings. The largest absolute Gasteiger partial charge is 0.383 e. The highest BCUT2D eigenvalue weighted by Crippen LogP contribution is 2.31. The molecular weight excluding hydrogens is 455 g/mol. The Kier molecular flexibility index (Phi) is 5.84. The van der Waals surface area contributed by atoms with E-state index in [-0.39, 0.29) is 5.82 Å². The van der Waals surface area contributed by atoms with Gasteiger partial charge in [-0.15, -0.1) is 0 Å². The van der Waals surface area contributed by atoms with Crippen molar-refractivity contribution in [1.29, 1.82) is 0 Å². The fraction of sp³-hybridized carbons (Fsp3) is 0.185. The molecule has 1 saturated heterocycles. The van der Waals surface area contributed by atoms with E-state index in [2.05, 4.69) is 44.5 Å². The highest BCUT2D eigenvalue weighted by Gasteiger charge is 2.19. The van der Waals surface area contributed by atoms with Gasteiger partial charge in [0.15, 0.2) is 11.5 Å². The van der Waals surface area contributed by atoms with Crippen LogP contribution in [0.1, 0.15) is 5.56 Å². The molecule has 3 N–H and O–H groups in total. The summed E-state index contributed by atoms with van der Waals surface area (Å²) in [7, 11) is 0. The Morgan fingerprint density at radius 3 is 2.44 bits per heavy atom. The molecule has 0 spiro atoms. The van der Waals surface area contributed by atoms with Crippen molar-refractivity contribution >= 4 is 17.0 Å². The molecule has 0 aliphatic carbocycles. The number of pyridine rings is 3. The van der Waals surface area contributed by atoms with Crippen LogP contribution in [0.3, 0.4) is 0 Å². The van der Waals surface area contributed by atoms with Crippen LogP contribution in [0.2, 0.25) is 0 Å². The number of aromatic nitrogens is 5. The van der Waals surface area contributed by atoms with Crippen molar-refractivity contribution in [2.75, 3.05) is 31.9 Å². The summed E-state index contributed by atoms with van der Waals surface area (Å²) in [5, 5.41) is 3.39. The zero-order chi connectivity index (χ0) is 24.5. The number of fused-ring (bicyclic) bond motifs is 1. The van der Waals surface area contributed by atoms with Gasteiger partial charge in [0.1, 0.15) is 17.2 Å². The second kappa shape index (κ2) is 9.44. The molecule has 1 aliphatic heterocycles. The summed E-state index contributed by atoms with van der Waals surface area (Å²) in [5.41, 5.74) is 11.7. The molecule has 0 radical (unpaired) electrons. The van der Waals surface area contributed by atoms with Gasteiger partial charge >= 0.3 is 0 Å². The smallest absolute Gasteiger partial charge is 0.165 e. The number of nitrogens with one attached hydrogen (secondary N) is 1. The number of rotatable bonds is 5. The van der Waals surface area contributed by atoms with Gasteiger partial charge in [0, 0.05) is 44.6 Å². The van der Waals surface area contributed by atoms with Crippen LogP contribution >= 0.6 is 0 Å². The standard InChI is InChI=1S/C27H25FN8/c28-19-5-8-22(32-16-19)23-9-10-24-27(33-23)36(26(34-24)21-2-1-11-31-25(21)29)20-6-3-18(4-7-20)17-35-14-12-30-13-15-35/h1-11,16,30H,12-15,17H2,(H2,29,31). The number of halogens is 1. The van der Waals surface area contributed by atoms with Crippen LogP contribution in [0.5, 0.6) is 0 Å². The molecule has 1 aliphatic rings. The van der Waals surface area contributed by atoms with E-state index in [4.69, 9.17) is 15.7 Å². The van der Waals surface area contributed by atoms with Gasteiger partial charge in [0.05, 0.1) is 23.1 Å². The summed E-state index contributed by atoms with van der Waals surface area (Å²) in [6, 6.07) is 18.9. The maximum absolute atomic E-state index is 13.4. The van der Waals surface area contributed by atoms with Crippen LogP contribution in [0.25, 0.3) is 39.6 Å². The normalized spacial score (nSPS) is 14.4. The molecule has 0 atom stereocenters. The number of nitrogens with zero attached hydrogens (tertiary/aromatic N) is 6. The molecule has 5 heterocycles. The Morgan fingerprint density at radius 1 is 0.889 bits per heavy atom. The average molecular weight is 481 g/mol. The molecule has 0 unspecified atom stereocenters. The number of nitrogen functional groups attached to an aromatic ring is 1. The van der Waals surface area contributed by atoms with Crippen LogP contribution in [-0.2, 0) is 6.54 Å². The number of anilines is 1. The van der Waals surface area contributed by atoms with Gasteiger partial charge in [0.2, 0.25) is 0 Å². The summed E-state index contributed by atoms with van der Waals surface area (Å²) in [5.74, 6) is 0.659. The van der Waals surface area contributed by atoms with Crippen molar-refractivity contribution in [3.8, 4) is 28.5 Å². The van der Waals surface area contributed by atoms with Gasteiger partial charge in [-0.3, -0.25) is 14.5 Å². The van der Waals surface area contributed by atoms with Gasteiger partial charge in [-0.25, -0.2) is 19.3 Å². The molecule has 5 aromatic rings. The van der Waals surface area contributed by atoms with Crippen LogP contribution in [0.4, 0.5) is 10.2 Å². The molecule has 6 rings (SSSR count). The van der Waals surface area contributed by atoms with Crippen molar-refractivity contribution in [2.24, 2.45) is 0 Å². The lowest BCUT2D eigenvalue weighted by Crippen LogP contribution is -2.42. The minimum absolute atomic E-state index is 0.389. The van der Waals surface area contributed by atoms with E-state index in [1.165, 1.54) is 17.8 Å². The van der Waals surface area contributed by atoms with Crippen molar-refractivity contribution in [1.82, 2.24) is 34.7 Å². The quantitative estimate of drug-likeness (QED) is 0.396. The zero-order valence-electron chi connectivity index (χ0n) is 19.6. The minimum Gasteiger partial charge on any atom is -0.383 e. The number of nitrogens with two attached hydrogens (primary N) is 1. The SMILES string of the molecule is Nc1ncccc1-c1nc2ccc(-c3ccc(F)cn3)nc2n1-c1ccc(CN2CCNCC2)cc1. The van der Waals surface area contributed by atoms with E-state index >= 15 is 0 Å². The number of benzene rings is 1. The Hall–Kier alpha value is -4.21. The van der Waals surface area contributed by atoms with Crippen LogP contribution in [0.15, 0.2) is 73.1 Å². The Labute approximate surface area is 207 Å². The second-order valence-electron chi connectivity index (χ2n) is 8.80. The minimum atomic E-state index is -0.389. The predicted molar refractivity (Wildman–Crippen MR) is 138 cm³/mol. The van der Waals surface area contributed by atoms with E-state index in [1.54, 1.807) is 12.3 Å². The highest BCUT2D eigenvalue weighted by atomic mass is 19.1. The summed E-state index contributed by atoms with van der Waals surface area (Å²) in [6.45, 7) is 5.04. The lowest BCUT2D eigenvalue weighted by Gasteiger charge is -2.27. The maximum Gasteiger partial charge on any atom is 0.165 e. The summed E-state index contributed by atoms with van der Waals surface area (Å²) in [6.07, 6.45) is 2.85. The molecule has 180 valence electrons. The lowest BCUT2D eigenvalue weighted by molar-refractivity contribution is 0.233. The van der Waals surface area contributed by atoms with Gasteiger partial charge in [-0.1, -0.05) is 12.1 Å². The third kappa shape index (κ3) is 4.30. The van der Waals surface area contributed by atoms with Crippen molar-refractivity contribution in [2.45, 2.75) is 6.54 Å². The Bertz CT molecular complexity index is 1510. The molecule has 0 amide bonds. The van der Waals surface area contributed by atoms with E-state index in [0.29, 0.717) is 34.2 Å². The first kappa shape index (κ1) is 22.3. The maximum atomic E-state index is 13.4. The van der Waals surface area contributed by atoms with Crippen LogP contribution in [-0.4, -0.2) is 55.6 Å². The first-order valence-electron chi connectivity index (χ1n) is 11.9. The summed E-state index contributed by atoms with van der Waals surface area (Å²) >= 11 is 0. The molecule has 8 nitrogen and oxygen atoms in total. The monoisotopic (exact) mass is 480 g/mol. The van der Waals surface area contributed by atoms with E-state index < -0.39 is 0 Å². The lowest BCUT2D eigenvalue weighted by atomic mass is 10.1. The predicted octanol–water partition coefficient (Wildman–Crippen LogP) is 3.67. The van der Waals surface area contributed by atoms with Gasteiger partial charge < -0.3 is 11.1 Å². The number of imidazole rings is 1. The number of hydrogen-bond donors (Lipinski definition) is 2. The van der Waals surface area contributed by atoms with E-state index in [0.717, 1.165) is 44.0 Å². The molecule has 9 heteroatoms. The molecule has 1 aromatic carbocycles. The molecule has 0 bridgehead atoms. The topological polar surface area (TPSA) is 97.8 Å². The summed E-state index contributed by atoms with van der Waals surface area (Å²) in [4.78, 5) is 20.7. The highest BCUT2D eigenvalue weighted by molar-refractivity contribution is 5.84. The van der Waals surface area contributed by atoms with Gasteiger partial charge in [0.25, 0.3) is 0 Å². The van der Waals surface area contributed by atoms with Crippen molar-refractivity contribution < 1.29 is 4.39 Å². The Morgan fingerprint density at radius 2 is 1.69 bits per heavy atom. The molecule has 36 heavy (non-hydrogen) atoms. The first-order chi connectivity index (χ1) is 17.7. The third-order valence-corrected chi connectivity index (χ3v) is 6.38. The van der Waals surface area contributed by atoms with E-state index in [1.807, 2.05) is 28.8 Å². The van der Waals surface area contributed by atoms with Crippen molar-refractivity contribution in [3.05, 3.63) is 84.4 Å². The van der Waals surface area contributed by atoms with Gasteiger partial charge in [-0.2, -0.15) is 0 Å². The van der Waals surface area contributed by atoms with Crippen LogP contribution in [0, 0.1) is 5.82 Å². The van der Waals surface area contributed by atoms with E-state index in [9.17, 15) is 4.39 Å². The first-order valence-corrected chi connectivity index (χ1v) is 11.9. The average Bonchev–Trinajstić information content (AvgIpc) is 3.29. The summed E-state index contributed by atoms with van der Waals surface area (Å²) < 4.78 is 15.4. The van der Waals surface area contributed by atoms with Crippen molar-refractivity contribution in [3.63, 3.8) is 0 Å². The molecule has 4 aromatic heterocycles. The molecular formula is C27H25FN8. The Balaban J connectivity index is 1.46. The number of hydrogen-bond acceptors (Lipinski definition) is 7. The zero-order valence-corrected chi connectivity index (χ0v) is 19.6. The number of piperazine rings is 1. The van der Waals surface area contributed by atoms with Gasteiger partial charge in [-0.05, 0) is 54.1 Å². The van der Waals surface area contributed by atoms with Crippen LogP contribution < -0.4 is 11.1 Å². The third-order valence-electron chi connectivity index (χ3n) is 6.38. The second-order valence-corrected chi connectivity index (χ2v) is 8.80. The fourth-order valence-electron chi connectivity index (χ4n) is 4.54. The fourth-order valence-corrected chi connectivity index (χ4v) is 4.54. The molecule has 0 saturated carbocycles.